The number of hydrogen-bond donors (Lipinski definition) is 2. The van der Waals surface area contributed by atoms with Gasteiger partial charge in [0.25, 0.3) is 0 Å². The molecule has 0 saturated heterocycles. The zero-order valence-electron chi connectivity index (χ0n) is 11.1. The van der Waals surface area contributed by atoms with Gasteiger partial charge in [-0.1, -0.05) is 6.07 Å². The van der Waals surface area contributed by atoms with Crippen LogP contribution in [0.15, 0.2) is 41.0 Å². The normalized spacial score (nSPS) is 9.90. The molecule has 2 amide bonds. The van der Waals surface area contributed by atoms with E-state index in [1.54, 1.807) is 24.3 Å². The molecular weight excluding hydrogens is 260 g/mol. The Hall–Kier alpha value is -2.76. The SMILES string of the molecule is COc1ccc(C)cc1NC(=O)C(=O)Nc1ccco1. The van der Waals surface area contributed by atoms with E-state index in [0.717, 1.165) is 5.56 Å². The van der Waals surface area contributed by atoms with Crippen LogP contribution in [0.3, 0.4) is 0 Å². The van der Waals surface area contributed by atoms with Gasteiger partial charge in [0.15, 0.2) is 5.88 Å². The third kappa shape index (κ3) is 3.17. The molecule has 0 aliphatic rings. The van der Waals surface area contributed by atoms with Crippen molar-refractivity contribution in [3.8, 4) is 5.75 Å². The number of nitrogens with one attached hydrogen (secondary N) is 2. The summed E-state index contributed by atoms with van der Waals surface area (Å²) in [7, 11) is 1.49. The highest BCUT2D eigenvalue weighted by molar-refractivity contribution is 6.43. The van der Waals surface area contributed by atoms with Crippen molar-refractivity contribution in [2.24, 2.45) is 0 Å². The van der Waals surface area contributed by atoms with E-state index in [9.17, 15) is 9.59 Å². The molecule has 2 aromatic rings. The third-order valence-corrected chi connectivity index (χ3v) is 2.57. The first-order valence-corrected chi connectivity index (χ1v) is 5.90. The average Bonchev–Trinajstić information content (AvgIpc) is 2.91. The molecule has 20 heavy (non-hydrogen) atoms. The fraction of sp³-hybridized carbons (Fsp3) is 0.143. The molecule has 0 bridgehead atoms. The number of aryl methyl sites for hydroxylation is 1. The number of carbonyl (C=O) groups excluding carboxylic acids is 2. The van der Waals surface area contributed by atoms with E-state index in [1.807, 2.05) is 13.0 Å². The lowest BCUT2D eigenvalue weighted by Crippen LogP contribution is -2.29. The lowest BCUT2D eigenvalue weighted by molar-refractivity contribution is -0.133. The Labute approximate surface area is 115 Å². The van der Waals surface area contributed by atoms with Crippen molar-refractivity contribution in [3.63, 3.8) is 0 Å². The van der Waals surface area contributed by atoms with Crippen molar-refractivity contribution in [2.45, 2.75) is 6.92 Å². The number of methoxy groups -OCH3 is 1. The summed E-state index contributed by atoms with van der Waals surface area (Å²) in [6, 6.07) is 8.43. The Bertz CT molecular complexity index is 620. The van der Waals surface area contributed by atoms with Crippen LogP contribution in [0.2, 0.25) is 0 Å². The third-order valence-electron chi connectivity index (χ3n) is 2.57. The van der Waals surface area contributed by atoms with Crippen molar-refractivity contribution >= 4 is 23.4 Å². The maximum Gasteiger partial charge on any atom is 0.316 e. The minimum absolute atomic E-state index is 0.210. The molecule has 104 valence electrons. The van der Waals surface area contributed by atoms with Gasteiger partial charge in [0.05, 0.1) is 19.1 Å². The lowest BCUT2D eigenvalue weighted by atomic mass is 10.2. The molecule has 1 aromatic heterocycles. The first-order valence-electron chi connectivity index (χ1n) is 5.90. The first kappa shape index (κ1) is 13.7. The van der Waals surface area contributed by atoms with Gasteiger partial charge in [-0.2, -0.15) is 0 Å². The predicted molar refractivity (Wildman–Crippen MR) is 73.7 cm³/mol. The second kappa shape index (κ2) is 5.92. The highest BCUT2D eigenvalue weighted by atomic mass is 16.5. The Balaban J connectivity index is 2.07. The molecule has 0 unspecified atom stereocenters. The Morgan fingerprint density at radius 1 is 1.15 bits per heavy atom. The van der Waals surface area contributed by atoms with Gasteiger partial charge < -0.3 is 14.5 Å². The number of ether oxygens (including phenoxy) is 1. The van der Waals surface area contributed by atoms with Crippen LogP contribution in [-0.4, -0.2) is 18.9 Å². The van der Waals surface area contributed by atoms with Crippen LogP contribution in [-0.2, 0) is 9.59 Å². The Morgan fingerprint density at radius 3 is 2.55 bits per heavy atom. The first-order chi connectivity index (χ1) is 9.60. The highest BCUT2D eigenvalue weighted by Gasteiger charge is 2.17. The number of amides is 2. The summed E-state index contributed by atoms with van der Waals surface area (Å²) in [5.74, 6) is -0.926. The van der Waals surface area contributed by atoms with E-state index in [2.05, 4.69) is 10.6 Å². The average molecular weight is 274 g/mol. The fourth-order valence-electron chi connectivity index (χ4n) is 1.62. The van der Waals surface area contributed by atoms with Gasteiger partial charge in [-0.3, -0.25) is 14.9 Å². The van der Waals surface area contributed by atoms with Crippen LogP contribution in [0, 0.1) is 6.92 Å². The maximum absolute atomic E-state index is 11.8. The monoisotopic (exact) mass is 274 g/mol. The highest BCUT2D eigenvalue weighted by Crippen LogP contribution is 2.25. The summed E-state index contributed by atoms with van der Waals surface area (Å²) in [5, 5.41) is 4.83. The second-order valence-corrected chi connectivity index (χ2v) is 4.09. The standard InChI is InChI=1S/C14H14N2O4/c1-9-5-6-11(19-2)10(8-9)15-13(17)14(18)16-12-4-3-7-20-12/h3-8H,1-2H3,(H,15,17)(H,16,18). The maximum atomic E-state index is 11.8. The Morgan fingerprint density at radius 2 is 1.90 bits per heavy atom. The molecule has 0 radical (unpaired) electrons. The van der Waals surface area contributed by atoms with Crippen LogP contribution in [0.1, 0.15) is 5.56 Å². The topological polar surface area (TPSA) is 80.6 Å². The molecule has 0 saturated carbocycles. The van der Waals surface area contributed by atoms with Crippen LogP contribution in [0.5, 0.6) is 5.75 Å². The molecule has 0 aliphatic heterocycles. The summed E-state index contributed by atoms with van der Waals surface area (Å²) in [5.41, 5.74) is 1.37. The van der Waals surface area contributed by atoms with E-state index >= 15 is 0 Å². The smallest absolute Gasteiger partial charge is 0.316 e. The van der Waals surface area contributed by atoms with Gasteiger partial charge in [0.1, 0.15) is 5.75 Å². The van der Waals surface area contributed by atoms with Crippen molar-refractivity contribution in [1.82, 2.24) is 0 Å². The number of carbonyl (C=O) groups is 2. The molecule has 0 aliphatic carbocycles. The predicted octanol–water partition coefficient (Wildman–Crippen LogP) is 2.17. The van der Waals surface area contributed by atoms with Crippen LogP contribution < -0.4 is 15.4 Å². The Kier molecular flexibility index (Phi) is 4.05. The van der Waals surface area contributed by atoms with Gasteiger partial charge in [-0.05, 0) is 30.7 Å². The quantitative estimate of drug-likeness (QED) is 0.840. The molecule has 6 heteroatoms. The molecule has 0 spiro atoms. The number of rotatable bonds is 3. The van der Waals surface area contributed by atoms with Gasteiger partial charge in [-0.25, -0.2) is 0 Å². The van der Waals surface area contributed by atoms with Crippen LogP contribution in [0.4, 0.5) is 11.6 Å². The largest absolute Gasteiger partial charge is 0.495 e. The van der Waals surface area contributed by atoms with Gasteiger partial charge >= 0.3 is 11.8 Å². The summed E-state index contributed by atoms with van der Waals surface area (Å²) < 4.78 is 10.1. The minimum Gasteiger partial charge on any atom is -0.495 e. The van der Waals surface area contributed by atoms with Crippen LogP contribution in [0.25, 0.3) is 0 Å². The van der Waals surface area contributed by atoms with E-state index in [-0.39, 0.29) is 5.88 Å². The molecule has 0 atom stereocenters. The molecular formula is C14H14N2O4. The molecule has 2 rings (SSSR count). The molecule has 1 heterocycles. The summed E-state index contributed by atoms with van der Waals surface area (Å²) >= 11 is 0. The number of furan rings is 1. The zero-order valence-corrected chi connectivity index (χ0v) is 11.1. The van der Waals surface area contributed by atoms with Gasteiger partial charge in [0.2, 0.25) is 0 Å². The number of hydrogen-bond acceptors (Lipinski definition) is 4. The van der Waals surface area contributed by atoms with E-state index in [1.165, 1.54) is 13.4 Å². The molecule has 2 N–H and O–H groups in total. The molecule has 1 aromatic carbocycles. The fourth-order valence-corrected chi connectivity index (χ4v) is 1.62. The molecule has 0 fully saturated rings. The van der Waals surface area contributed by atoms with E-state index in [0.29, 0.717) is 11.4 Å². The van der Waals surface area contributed by atoms with Crippen molar-refractivity contribution in [1.29, 1.82) is 0 Å². The van der Waals surface area contributed by atoms with Gasteiger partial charge in [-0.15, -0.1) is 0 Å². The van der Waals surface area contributed by atoms with E-state index < -0.39 is 11.8 Å². The zero-order chi connectivity index (χ0) is 14.5. The molecule has 6 nitrogen and oxygen atoms in total. The van der Waals surface area contributed by atoms with E-state index in [4.69, 9.17) is 9.15 Å². The summed E-state index contributed by atoms with van der Waals surface area (Å²) in [6.07, 6.45) is 1.40. The minimum atomic E-state index is -0.816. The number of anilines is 2. The van der Waals surface area contributed by atoms with Gasteiger partial charge in [0, 0.05) is 6.07 Å². The second-order valence-electron chi connectivity index (χ2n) is 4.09. The van der Waals surface area contributed by atoms with Crippen molar-refractivity contribution < 1.29 is 18.7 Å². The van der Waals surface area contributed by atoms with Crippen molar-refractivity contribution in [2.75, 3.05) is 17.7 Å². The number of benzene rings is 1. The summed E-state index contributed by atoms with van der Waals surface area (Å²) in [4.78, 5) is 23.5. The van der Waals surface area contributed by atoms with Crippen LogP contribution >= 0.6 is 0 Å². The lowest BCUT2D eigenvalue weighted by Gasteiger charge is -2.10. The summed E-state index contributed by atoms with van der Waals surface area (Å²) in [6.45, 7) is 1.87. The van der Waals surface area contributed by atoms with Crippen molar-refractivity contribution in [3.05, 3.63) is 42.2 Å².